The first kappa shape index (κ1) is 15.8. The van der Waals surface area contributed by atoms with E-state index in [-0.39, 0.29) is 5.91 Å². The van der Waals surface area contributed by atoms with Gasteiger partial charge in [-0.25, -0.2) is 0 Å². The standard InChI is InChI=1S/C17H26N2O2/c1-4-21-15-11-13(2)16(14(3)12-15)5-6-17(20)19-9-7-18-8-10-19/h11-12,18H,4-10H2,1-3H3. The molecule has 21 heavy (non-hydrogen) atoms. The van der Waals surface area contributed by atoms with Crippen molar-refractivity contribution in [2.24, 2.45) is 0 Å². The van der Waals surface area contributed by atoms with E-state index in [0.29, 0.717) is 13.0 Å². The first-order chi connectivity index (χ1) is 10.1. The molecule has 0 radical (unpaired) electrons. The number of nitrogens with one attached hydrogen (secondary N) is 1. The summed E-state index contributed by atoms with van der Waals surface area (Å²) in [6, 6.07) is 4.14. The van der Waals surface area contributed by atoms with Crippen LogP contribution >= 0.6 is 0 Å². The van der Waals surface area contributed by atoms with Crippen molar-refractivity contribution in [3.05, 3.63) is 28.8 Å². The lowest BCUT2D eigenvalue weighted by Gasteiger charge is -2.27. The molecule has 1 aromatic carbocycles. The third kappa shape index (κ3) is 4.21. The van der Waals surface area contributed by atoms with Crippen molar-refractivity contribution in [3.63, 3.8) is 0 Å². The number of rotatable bonds is 5. The Labute approximate surface area is 127 Å². The Balaban J connectivity index is 1.97. The molecular formula is C17H26N2O2. The lowest BCUT2D eigenvalue weighted by molar-refractivity contribution is -0.131. The maximum atomic E-state index is 12.2. The van der Waals surface area contributed by atoms with Gasteiger partial charge in [0.25, 0.3) is 0 Å². The topological polar surface area (TPSA) is 41.6 Å². The quantitative estimate of drug-likeness (QED) is 0.902. The molecule has 1 aromatic rings. The molecule has 1 amide bonds. The molecule has 2 rings (SSSR count). The predicted octanol–water partition coefficient (Wildman–Crippen LogP) is 2.07. The molecule has 4 nitrogen and oxygen atoms in total. The highest BCUT2D eigenvalue weighted by Crippen LogP contribution is 2.23. The first-order valence-electron chi connectivity index (χ1n) is 7.83. The maximum absolute atomic E-state index is 12.2. The van der Waals surface area contributed by atoms with Gasteiger partial charge >= 0.3 is 0 Å². The fourth-order valence-electron chi connectivity index (χ4n) is 2.90. The third-order valence-corrected chi connectivity index (χ3v) is 4.04. The van der Waals surface area contributed by atoms with Crippen molar-refractivity contribution in [3.8, 4) is 5.75 Å². The normalized spacial score (nSPS) is 15.1. The Bertz CT molecular complexity index is 471. The number of nitrogens with zero attached hydrogens (tertiary/aromatic N) is 1. The van der Waals surface area contributed by atoms with Gasteiger partial charge in [-0.05, 0) is 56.0 Å². The molecule has 0 saturated carbocycles. The number of carbonyl (C=O) groups excluding carboxylic acids is 1. The van der Waals surface area contributed by atoms with Crippen LogP contribution in [0.2, 0.25) is 0 Å². The molecule has 1 heterocycles. The van der Waals surface area contributed by atoms with Gasteiger partial charge in [0.2, 0.25) is 5.91 Å². The highest BCUT2D eigenvalue weighted by Gasteiger charge is 2.16. The van der Waals surface area contributed by atoms with Crippen LogP contribution in [0.25, 0.3) is 0 Å². The monoisotopic (exact) mass is 290 g/mol. The van der Waals surface area contributed by atoms with Crippen molar-refractivity contribution in [2.45, 2.75) is 33.6 Å². The molecule has 1 aliphatic rings. The Kier molecular flexibility index (Phi) is 5.62. The average molecular weight is 290 g/mol. The zero-order valence-corrected chi connectivity index (χ0v) is 13.4. The summed E-state index contributed by atoms with van der Waals surface area (Å²) < 4.78 is 5.56. The van der Waals surface area contributed by atoms with Crippen LogP contribution in [-0.2, 0) is 11.2 Å². The van der Waals surface area contributed by atoms with E-state index in [0.717, 1.165) is 38.3 Å². The zero-order chi connectivity index (χ0) is 15.2. The summed E-state index contributed by atoms with van der Waals surface area (Å²) >= 11 is 0. The maximum Gasteiger partial charge on any atom is 0.222 e. The zero-order valence-electron chi connectivity index (χ0n) is 13.4. The Morgan fingerprint density at radius 2 is 1.86 bits per heavy atom. The van der Waals surface area contributed by atoms with E-state index < -0.39 is 0 Å². The van der Waals surface area contributed by atoms with E-state index in [1.54, 1.807) is 0 Å². The van der Waals surface area contributed by atoms with Gasteiger partial charge in [-0.2, -0.15) is 0 Å². The highest BCUT2D eigenvalue weighted by molar-refractivity contribution is 5.76. The Hall–Kier alpha value is -1.55. The smallest absolute Gasteiger partial charge is 0.222 e. The van der Waals surface area contributed by atoms with Gasteiger partial charge in [0.15, 0.2) is 0 Å². The van der Waals surface area contributed by atoms with E-state index in [1.165, 1.54) is 16.7 Å². The summed E-state index contributed by atoms with van der Waals surface area (Å²) in [5.74, 6) is 1.19. The minimum Gasteiger partial charge on any atom is -0.494 e. The number of piperazine rings is 1. The van der Waals surface area contributed by atoms with Gasteiger partial charge < -0.3 is 15.0 Å². The van der Waals surface area contributed by atoms with Crippen LogP contribution in [0, 0.1) is 13.8 Å². The van der Waals surface area contributed by atoms with Gasteiger partial charge in [-0.3, -0.25) is 4.79 Å². The van der Waals surface area contributed by atoms with Gasteiger partial charge in [0, 0.05) is 32.6 Å². The Morgan fingerprint density at radius 1 is 1.24 bits per heavy atom. The molecule has 1 N–H and O–H groups in total. The van der Waals surface area contributed by atoms with Crippen LogP contribution in [0.15, 0.2) is 12.1 Å². The second-order valence-corrected chi connectivity index (χ2v) is 5.60. The number of ether oxygens (including phenoxy) is 1. The van der Waals surface area contributed by atoms with Crippen molar-refractivity contribution < 1.29 is 9.53 Å². The molecule has 0 unspecified atom stereocenters. The van der Waals surface area contributed by atoms with Crippen LogP contribution in [0.5, 0.6) is 5.75 Å². The SMILES string of the molecule is CCOc1cc(C)c(CCC(=O)N2CCNCC2)c(C)c1. The first-order valence-corrected chi connectivity index (χ1v) is 7.83. The fourth-order valence-corrected chi connectivity index (χ4v) is 2.90. The van der Waals surface area contributed by atoms with Crippen LogP contribution < -0.4 is 10.1 Å². The summed E-state index contributed by atoms with van der Waals surface area (Å²) in [6.45, 7) is 10.4. The second-order valence-electron chi connectivity index (χ2n) is 5.60. The van der Waals surface area contributed by atoms with Crippen LogP contribution in [0.4, 0.5) is 0 Å². The molecule has 1 fully saturated rings. The van der Waals surface area contributed by atoms with E-state index in [9.17, 15) is 4.79 Å². The summed E-state index contributed by atoms with van der Waals surface area (Å²) in [5.41, 5.74) is 3.71. The lowest BCUT2D eigenvalue weighted by atomic mass is 9.97. The van der Waals surface area contributed by atoms with Crippen LogP contribution in [0.1, 0.15) is 30.0 Å². The number of hydrogen-bond acceptors (Lipinski definition) is 3. The van der Waals surface area contributed by atoms with Crippen LogP contribution in [-0.4, -0.2) is 43.6 Å². The number of aryl methyl sites for hydroxylation is 2. The number of carbonyl (C=O) groups is 1. The average Bonchev–Trinajstić information content (AvgIpc) is 2.47. The molecule has 1 aliphatic heterocycles. The molecule has 0 spiro atoms. The number of benzene rings is 1. The minimum atomic E-state index is 0.268. The second kappa shape index (κ2) is 7.46. The summed E-state index contributed by atoms with van der Waals surface area (Å²) in [7, 11) is 0. The van der Waals surface area contributed by atoms with Crippen LogP contribution in [0.3, 0.4) is 0 Å². The molecule has 0 aliphatic carbocycles. The van der Waals surface area contributed by atoms with Gasteiger partial charge in [0.1, 0.15) is 5.75 Å². The lowest BCUT2D eigenvalue weighted by Crippen LogP contribution is -2.46. The van der Waals surface area contributed by atoms with Crippen molar-refractivity contribution in [1.82, 2.24) is 10.2 Å². The molecular weight excluding hydrogens is 264 g/mol. The largest absolute Gasteiger partial charge is 0.494 e. The van der Waals surface area contributed by atoms with E-state index in [2.05, 4.69) is 31.3 Å². The number of amides is 1. The summed E-state index contributed by atoms with van der Waals surface area (Å²) in [5, 5.41) is 3.27. The third-order valence-electron chi connectivity index (χ3n) is 4.04. The summed E-state index contributed by atoms with van der Waals surface area (Å²) in [4.78, 5) is 14.2. The van der Waals surface area contributed by atoms with Gasteiger partial charge in [-0.15, -0.1) is 0 Å². The van der Waals surface area contributed by atoms with Crippen molar-refractivity contribution in [2.75, 3.05) is 32.8 Å². The molecule has 0 atom stereocenters. The molecule has 1 saturated heterocycles. The highest BCUT2D eigenvalue weighted by atomic mass is 16.5. The van der Waals surface area contributed by atoms with E-state index in [1.807, 2.05) is 11.8 Å². The van der Waals surface area contributed by atoms with E-state index in [4.69, 9.17) is 4.74 Å². The molecule has 0 aromatic heterocycles. The summed E-state index contributed by atoms with van der Waals surface area (Å²) in [6.07, 6.45) is 1.41. The molecule has 116 valence electrons. The Morgan fingerprint density at radius 3 is 2.43 bits per heavy atom. The minimum absolute atomic E-state index is 0.268. The predicted molar refractivity (Wildman–Crippen MR) is 84.9 cm³/mol. The van der Waals surface area contributed by atoms with E-state index >= 15 is 0 Å². The van der Waals surface area contributed by atoms with Gasteiger partial charge in [0.05, 0.1) is 6.61 Å². The molecule has 4 heteroatoms. The van der Waals surface area contributed by atoms with Crippen molar-refractivity contribution in [1.29, 1.82) is 0 Å². The van der Waals surface area contributed by atoms with Crippen molar-refractivity contribution >= 4 is 5.91 Å². The number of hydrogen-bond donors (Lipinski definition) is 1. The van der Waals surface area contributed by atoms with Gasteiger partial charge in [-0.1, -0.05) is 0 Å². The molecule has 0 bridgehead atoms. The fraction of sp³-hybridized carbons (Fsp3) is 0.588.